The van der Waals surface area contributed by atoms with Crippen LogP contribution in [0.4, 0.5) is 10.2 Å². The third-order valence-electron chi connectivity index (χ3n) is 5.34. The zero-order valence-electron chi connectivity index (χ0n) is 17.6. The van der Waals surface area contributed by atoms with Crippen LogP contribution in [0.25, 0.3) is 11.0 Å². The summed E-state index contributed by atoms with van der Waals surface area (Å²) >= 11 is 9.17. The number of halogens is 3. The van der Waals surface area contributed by atoms with Crippen LogP contribution in [0.5, 0.6) is 0 Å². The van der Waals surface area contributed by atoms with Crippen molar-refractivity contribution in [3.63, 3.8) is 0 Å². The number of aromatic nitrogens is 2. The number of carbonyl (C=O) groups excluding carboxylic acids is 2. The van der Waals surface area contributed by atoms with Gasteiger partial charge in [-0.1, -0.05) is 23.7 Å². The lowest BCUT2D eigenvalue weighted by Crippen LogP contribution is -2.60. The number of nitrogens with zero attached hydrogens (tertiary/aromatic N) is 3. The number of nitrogens with one attached hydrogen (secondary N) is 1. The molecule has 0 aliphatic carbocycles. The van der Waals surface area contributed by atoms with E-state index in [0.717, 1.165) is 10.1 Å². The van der Waals surface area contributed by atoms with E-state index in [0.29, 0.717) is 14.9 Å². The first-order valence-corrected chi connectivity index (χ1v) is 11.2. The van der Waals surface area contributed by atoms with Crippen LogP contribution in [-0.4, -0.2) is 45.0 Å². The average molecular weight is 537 g/mol. The third kappa shape index (κ3) is 4.86. The molecule has 1 aliphatic rings. The molecule has 3 heterocycles. The lowest BCUT2D eigenvalue weighted by molar-refractivity contribution is -0.144. The highest BCUT2D eigenvalue weighted by Crippen LogP contribution is 2.26. The van der Waals surface area contributed by atoms with Crippen LogP contribution < -0.4 is 16.6 Å². The molecular weight excluding hydrogens is 517 g/mol. The minimum Gasteiger partial charge on any atom is -0.383 e. The summed E-state index contributed by atoms with van der Waals surface area (Å²) in [6.45, 7) is 1.09. The number of amides is 2. The molecule has 2 amide bonds. The van der Waals surface area contributed by atoms with Crippen LogP contribution in [0.15, 0.2) is 45.7 Å². The SMILES string of the molecule is CC1(F)CN(C(=O)Cn2c(=O)c(C(=O)NCc3ccc(Cl)cc3)cc3cc(Br)c(N)nc32)C1. The summed E-state index contributed by atoms with van der Waals surface area (Å²) in [4.78, 5) is 44.3. The number of pyridine rings is 2. The molecule has 3 N–H and O–H groups in total. The van der Waals surface area contributed by atoms with Crippen LogP contribution in [0.3, 0.4) is 0 Å². The summed E-state index contributed by atoms with van der Waals surface area (Å²) in [5, 5.41) is 3.72. The Morgan fingerprint density at radius 2 is 1.94 bits per heavy atom. The zero-order chi connectivity index (χ0) is 23.9. The lowest BCUT2D eigenvalue weighted by Gasteiger charge is -2.42. The normalized spacial score (nSPS) is 14.7. The highest BCUT2D eigenvalue weighted by molar-refractivity contribution is 9.10. The number of alkyl halides is 1. The molecule has 2 aromatic heterocycles. The summed E-state index contributed by atoms with van der Waals surface area (Å²) in [6.07, 6.45) is 0. The predicted molar refractivity (Wildman–Crippen MR) is 127 cm³/mol. The third-order valence-corrected chi connectivity index (χ3v) is 6.23. The van der Waals surface area contributed by atoms with Crippen LogP contribution in [0.1, 0.15) is 22.8 Å². The number of carbonyl (C=O) groups is 2. The molecule has 0 radical (unpaired) electrons. The largest absolute Gasteiger partial charge is 0.383 e. The molecule has 1 aliphatic heterocycles. The van der Waals surface area contributed by atoms with E-state index >= 15 is 0 Å². The van der Waals surface area contributed by atoms with Crippen molar-refractivity contribution in [1.29, 1.82) is 0 Å². The maximum Gasteiger partial charge on any atom is 0.265 e. The van der Waals surface area contributed by atoms with E-state index < -0.39 is 29.6 Å². The molecule has 33 heavy (non-hydrogen) atoms. The van der Waals surface area contributed by atoms with Gasteiger partial charge in [0.15, 0.2) is 0 Å². The number of hydrogen-bond acceptors (Lipinski definition) is 5. The molecule has 8 nitrogen and oxygen atoms in total. The zero-order valence-corrected chi connectivity index (χ0v) is 19.9. The van der Waals surface area contributed by atoms with Crippen LogP contribution in [0, 0.1) is 0 Å². The van der Waals surface area contributed by atoms with Gasteiger partial charge < -0.3 is 16.0 Å². The van der Waals surface area contributed by atoms with Gasteiger partial charge in [0.1, 0.15) is 29.2 Å². The molecule has 0 bridgehead atoms. The molecule has 0 unspecified atom stereocenters. The summed E-state index contributed by atoms with van der Waals surface area (Å²) < 4.78 is 15.4. The molecule has 11 heteroatoms. The molecule has 0 spiro atoms. The smallest absolute Gasteiger partial charge is 0.265 e. The summed E-state index contributed by atoms with van der Waals surface area (Å²) in [5.41, 5.74) is 4.55. The van der Waals surface area contributed by atoms with E-state index in [1.165, 1.54) is 17.9 Å². The fourth-order valence-electron chi connectivity index (χ4n) is 3.64. The van der Waals surface area contributed by atoms with Gasteiger partial charge in [0, 0.05) is 17.0 Å². The quantitative estimate of drug-likeness (QED) is 0.521. The maximum atomic E-state index is 13.8. The van der Waals surface area contributed by atoms with Gasteiger partial charge in [-0.15, -0.1) is 0 Å². The van der Waals surface area contributed by atoms with E-state index in [4.69, 9.17) is 17.3 Å². The van der Waals surface area contributed by atoms with Gasteiger partial charge >= 0.3 is 0 Å². The average Bonchev–Trinajstić information content (AvgIpc) is 2.74. The second-order valence-electron chi connectivity index (χ2n) is 8.19. The van der Waals surface area contributed by atoms with Gasteiger partial charge in [0.25, 0.3) is 11.5 Å². The molecule has 0 atom stereocenters. The van der Waals surface area contributed by atoms with Crippen molar-refractivity contribution in [3.05, 3.63) is 67.4 Å². The van der Waals surface area contributed by atoms with Crippen LogP contribution in [-0.2, 0) is 17.9 Å². The second kappa shape index (κ2) is 8.75. The van der Waals surface area contributed by atoms with Gasteiger partial charge in [-0.05, 0) is 52.7 Å². The van der Waals surface area contributed by atoms with Crippen molar-refractivity contribution in [1.82, 2.24) is 19.8 Å². The molecule has 1 fully saturated rings. The number of anilines is 1. The van der Waals surface area contributed by atoms with Crippen molar-refractivity contribution >= 4 is 56.2 Å². The van der Waals surface area contributed by atoms with Crippen molar-refractivity contribution in [3.8, 4) is 0 Å². The Morgan fingerprint density at radius 3 is 2.58 bits per heavy atom. The first-order chi connectivity index (χ1) is 15.5. The monoisotopic (exact) mass is 535 g/mol. The molecule has 1 saturated heterocycles. The molecule has 3 aromatic rings. The Kier molecular flexibility index (Phi) is 6.15. The topological polar surface area (TPSA) is 110 Å². The van der Waals surface area contributed by atoms with E-state index in [2.05, 4.69) is 26.2 Å². The summed E-state index contributed by atoms with van der Waals surface area (Å²) in [5.74, 6) is -0.926. The number of likely N-dealkylation sites (tertiary alicyclic amines) is 1. The lowest BCUT2D eigenvalue weighted by atomic mass is 9.99. The fourth-order valence-corrected chi connectivity index (χ4v) is 4.10. The Hall–Kier alpha value is -2.98. The molecule has 172 valence electrons. The fraction of sp³-hybridized carbons (Fsp3) is 0.273. The number of hydrogen-bond donors (Lipinski definition) is 2. The van der Waals surface area contributed by atoms with Gasteiger partial charge in [0.05, 0.1) is 17.6 Å². The highest BCUT2D eigenvalue weighted by Gasteiger charge is 2.41. The molecule has 4 rings (SSSR count). The Balaban J connectivity index is 1.67. The second-order valence-corrected chi connectivity index (χ2v) is 9.48. The van der Waals surface area contributed by atoms with E-state index in [1.807, 2.05) is 0 Å². The standard InChI is InChI=1S/C22H20BrClFN5O3/c1-22(25)10-29(11-22)17(31)9-30-19-13(7-16(23)18(26)28-19)6-15(21(30)33)20(32)27-8-12-2-4-14(24)5-3-12/h2-7H,8-11H2,1H3,(H2,26,28)(H,27,32). The Labute approximate surface area is 201 Å². The maximum absolute atomic E-state index is 13.8. The number of benzene rings is 1. The molecule has 0 saturated carbocycles. The van der Waals surface area contributed by atoms with Crippen LogP contribution >= 0.6 is 27.5 Å². The number of nitrogen functional groups attached to an aromatic ring is 1. The van der Waals surface area contributed by atoms with Crippen molar-refractivity contribution in [2.24, 2.45) is 0 Å². The van der Waals surface area contributed by atoms with Crippen LogP contribution in [0.2, 0.25) is 5.02 Å². The molecular formula is C22H20BrClFN5O3. The van der Waals surface area contributed by atoms with Crippen molar-refractivity contribution < 1.29 is 14.0 Å². The van der Waals surface area contributed by atoms with Gasteiger partial charge in [0.2, 0.25) is 5.91 Å². The first-order valence-electron chi connectivity index (χ1n) is 10.0. The van der Waals surface area contributed by atoms with E-state index in [9.17, 15) is 18.8 Å². The minimum atomic E-state index is -1.44. The first kappa shape index (κ1) is 23.2. The predicted octanol–water partition coefficient (Wildman–Crippen LogP) is 2.90. The van der Waals surface area contributed by atoms with Gasteiger partial charge in [-0.25, -0.2) is 9.37 Å². The molecule has 1 aromatic carbocycles. The van der Waals surface area contributed by atoms with E-state index in [1.54, 1.807) is 30.3 Å². The number of nitrogens with two attached hydrogens (primary N) is 1. The summed E-state index contributed by atoms with van der Waals surface area (Å²) in [7, 11) is 0. The minimum absolute atomic E-state index is 0.0547. The Bertz CT molecular complexity index is 1320. The van der Waals surface area contributed by atoms with Gasteiger partial charge in [-0.3, -0.25) is 19.0 Å². The highest BCUT2D eigenvalue weighted by atomic mass is 79.9. The summed E-state index contributed by atoms with van der Waals surface area (Å²) in [6, 6.07) is 9.95. The number of rotatable bonds is 5. The number of fused-ring (bicyclic) bond motifs is 1. The van der Waals surface area contributed by atoms with Crippen molar-refractivity contribution in [2.45, 2.75) is 25.7 Å². The van der Waals surface area contributed by atoms with Gasteiger partial charge in [-0.2, -0.15) is 0 Å². The van der Waals surface area contributed by atoms with E-state index in [-0.39, 0.29) is 36.7 Å². The Morgan fingerprint density at radius 1 is 1.27 bits per heavy atom. The van der Waals surface area contributed by atoms with Crippen molar-refractivity contribution in [2.75, 3.05) is 18.8 Å².